The summed E-state index contributed by atoms with van der Waals surface area (Å²) in [4.78, 5) is 14.8. The molecule has 72 valence electrons. The molecule has 4 nitrogen and oxygen atoms in total. The summed E-state index contributed by atoms with van der Waals surface area (Å²) in [7, 11) is 0. The first-order valence-corrected chi connectivity index (χ1v) is 4.32. The van der Waals surface area contributed by atoms with E-state index in [1.54, 1.807) is 18.3 Å². The molecular weight excluding hydrogens is 182 g/mol. The van der Waals surface area contributed by atoms with Gasteiger partial charge < -0.3 is 9.15 Å². The van der Waals surface area contributed by atoms with Crippen molar-refractivity contribution >= 4 is 17.4 Å². The van der Waals surface area contributed by atoms with Gasteiger partial charge in [0.05, 0.1) is 6.61 Å². The third-order valence-electron chi connectivity index (χ3n) is 1.83. The highest BCUT2D eigenvalue weighted by Gasteiger charge is 2.14. The molecule has 0 N–H and O–H groups in total. The molecule has 0 fully saturated rings. The molecule has 0 amide bonds. The average Bonchev–Trinajstić information content (AvgIpc) is 2.58. The van der Waals surface area contributed by atoms with Crippen LogP contribution >= 0.6 is 0 Å². The Bertz CT molecular complexity index is 461. The lowest BCUT2D eigenvalue weighted by Gasteiger charge is -1.98. The van der Waals surface area contributed by atoms with Crippen molar-refractivity contribution in [1.29, 1.82) is 0 Å². The summed E-state index contributed by atoms with van der Waals surface area (Å²) in [5, 5.41) is 0. The second-order valence-corrected chi connectivity index (χ2v) is 2.70. The van der Waals surface area contributed by atoms with Gasteiger partial charge in [-0.15, -0.1) is 0 Å². The quantitative estimate of drug-likeness (QED) is 0.696. The average molecular weight is 191 g/mol. The first kappa shape index (κ1) is 8.74. The molecule has 0 saturated carbocycles. The molecule has 4 heteroatoms. The van der Waals surface area contributed by atoms with E-state index in [-0.39, 0.29) is 5.76 Å². The van der Waals surface area contributed by atoms with Crippen LogP contribution in [0.4, 0.5) is 0 Å². The van der Waals surface area contributed by atoms with Crippen molar-refractivity contribution in [2.75, 3.05) is 6.61 Å². The van der Waals surface area contributed by atoms with Crippen LogP contribution in [0.2, 0.25) is 0 Å². The normalized spacial score (nSPS) is 10.4. The highest BCUT2D eigenvalue weighted by molar-refractivity contribution is 5.90. The number of hydrogen-bond donors (Lipinski definition) is 0. The highest BCUT2D eigenvalue weighted by atomic mass is 16.5. The molecule has 2 aromatic heterocycles. The maximum Gasteiger partial charge on any atom is 0.211 e. The van der Waals surface area contributed by atoms with Crippen LogP contribution in [0, 0.1) is 0 Å². The number of fused-ring (bicyclic) bond motifs is 1. The number of furan rings is 1. The fourth-order valence-corrected chi connectivity index (χ4v) is 1.29. The molecule has 0 spiro atoms. The molecule has 14 heavy (non-hydrogen) atoms. The van der Waals surface area contributed by atoms with E-state index in [4.69, 9.17) is 9.15 Å². The van der Waals surface area contributed by atoms with E-state index in [1.165, 1.54) is 0 Å². The number of carbonyl (C=O) groups is 1. The minimum atomic E-state index is 0.195. The van der Waals surface area contributed by atoms with E-state index < -0.39 is 0 Å². The fraction of sp³-hybridized carbons (Fsp3) is 0.200. The van der Waals surface area contributed by atoms with Gasteiger partial charge in [0.2, 0.25) is 5.76 Å². The molecule has 2 heterocycles. The first-order valence-electron chi connectivity index (χ1n) is 4.32. The zero-order valence-corrected chi connectivity index (χ0v) is 7.69. The van der Waals surface area contributed by atoms with Crippen molar-refractivity contribution in [2.45, 2.75) is 6.92 Å². The van der Waals surface area contributed by atoms with Crippen molar-refractivity contribution in [3.05, 3.63) is 24.1 Å². The third kappa shape index (κ3) is 1.25. The minimum Gasteiger partial charge on any atom is -0.488 e. The summed E-state index contributed by atoms with van der Waals surface area (Å²) < 4.78 is 10.5. The Balaban J connectivity index is 2.67. The number of nitrogens with zero attached hydrogens (tertiary/aromatic N) is 1. The SMILES string of the molecule is CCOc1c(C=O)oc2cccnc12. The number of hydrogen-bond acceptors (Lipinski definition) is 4. The first-order chi connectivity index (χ1) is 6.86. The lowest BCUT2D eigenvalue weighted by Crippen LogP contribution is -1.93. The highest BCUT2D eigenvalue weighted by Crippen LogP contribution is 2.29. The van der Waals surface area contributed by atoms with Gasteiger partial charge in [-0.05, 0) is 19.1 Å². The van der Waals surface area contributed by atoms with E-state index in [1.807, 2.05) is 6.92 Å². The van der Waals surface area contributed by atoms with Crippen LogP contribution in [0.25, 0.3) is 11.1 Å². The summed E-state index contributed by atoms with van der Waals surface area (Å²) >= 11 is 0. The van der Waals surface area contributed by atoms with Gasteiger partial charge in [-0.3, -0.25) is 4.79 Å². The number of carbonyl (C=O) groups excluding carboxylic acids is 1. The Morgan fingerprint density at radius 1 is 1.64 bits per heavy atom. The summed E-state index contributed by atoms with van der Waals surface area (Å²) in [6, 6.07) is 3.49. The second-order valence-electron chi connectivity index (χ2n) is 2.70. The van der Waals surface area contributed by atoms with Crippen molar-refractivity contribution in [3.8, 4) is 5.75 Å². The third-order valence-corrected chi connectivity index (χ3v) is 1.83. The molecule has 2 aromatic rings. The Morgan fingerprint density at radius 2 is 2.50 bits per heavy atom. The number of pyridine rings is 1. The van der Waals surface area contributed by atoms with Crippen molar-refractivity contribution in [3.63, 3.8) is 0 Å². The maximum absolute atomic E-state index is 10.7. The van der Waals surface area contributed by atoms with Crippen LogP contribution in [0.3, 0.4) is 0 Å². The van der Waals surface area contributed by atoms with Crippen molar-refractivity contribution in [2.24, 2.45) is 0 Å². The molecule has 0 aromatic carbocycles. The van der Waals surface area contributed by atoms with E-state index >= 15 is 0 Å². The van der Waals surface area contributed by atoms with Crippen LogP contribution in [-0.4, -0.2) is 17.9 Å². The monoisotopic (exact) mass is 191 g/mol. The summed E-state index contributed by atoms with van der Waals surface area (Å²) in [6.45, 7) is 2.32. The molecule has 0 unspecified atom stereocenters. The largest absolute Gasteiger partial charge is 0.488 e. The van der Waals surface area contributed by atoms with Crippen LogP contribution in [0.1, 0.15) is 17.5 Å². The van der Waals surface area contributed by atoms with Crippen molar-refractivity contribution < 1.29 is 13.9 Å². The lowest BCUT2D eigenvalue weighted by atomic mass is 10.3. The van der Waals surface area contributed by atoms with Crippen molar-refractivity contribution in [1.82, 2.24) is 4.98 Å². The van der Waals surface area contributed by atoms with Gasteiger partial charge in [0.25, 0.3) is 0 Å². The van der Waals surface area contributed by atoms with Gasteiger partial charge in [-0.2, -0.15) is 0 Å². The minimum absolute atomic E-state index is 0.195. The number of aromatic nitrogens is 1. The molecule has 0 bridgehead atoms. The molecular formula is C10H9NO3. The Hall–Kier alpha value is -1.84. The van der Waals surface area contributed by atoms with Gasteiger partial charge in [0, 0.05) is 6.20 Å². The van der Waals surface area contributed by atoms with Crippen LogP contribution in [0.15, 0.2) is 22.7 Å². The smallest absolute Gasteiger partial charge is 0.211 e. The Kier molecular flexibility index (Phi) is 2.18. The van der Waals surface area contributed by atoms with Crippen LogP contribution in [0.5, 0.6) is 5.75 Å². The summed E-state index contributed by atoms with van der Waals surface area (Å²) in [5.74, 6) is 0.624. The molecule has 0 aliphatic rings. The predicted octanol–water partition coefficient (Wildman–Crippen LogP) is 2.04. The van der Waals surface area contributed by atoms with E-state index in [2.05, 4.69) is 4.98 Å². The number of rotatable bonds is 3. The van der Waals surface area contributed by atoms with Gasteiger partial charge in [-0.1, -0.05) is 0 Å². The zero-order valence-electron chi connectivity index (χ0n) is 7.69. The van der Waals surface area contributed by atoms with Gasteiger partial charge in [0.15, 0.2) is 23.1 Å². The van der Waals surface area contributed by atoms with Gasteiger partial charge in [-0.25, -0.2) is 4.98 Å². The molecule has 0 saturated heterocycles. The van der Waals surface area contributed by atoms with E-state index in [0.29, 0.717) is 29.7 Å². The summed E-state index contributed by atoms with van der Waals surface area (Å²) in [6.07, 6.45) is 2.27. The molecule has 0 aliphatic heterocycles. The van der Waals surface area contributed by atoms with Crippen LogP contribution < -0.4 is 4.74 Å². The fourth-order valence-electron chi connectivity index (χ4n) is 1.29. The molecule has 0 aliphatic carbocycles. The summed E-state index contributed by atoms with van der Waals surface area (Å²) in [5.41, 5.74) is 1.16. The number of ether oxygens (including phenoxy) is 1. The van der Waals surface area contributed by atoms with E-state index in [0.717, 1.165) is 0 Å². The van der Waals surface area contributed by atoms with Crippen LogP contribution in [-0.2, 0) is 0 Å². The Morgan fingerprint density at radius 3 is 3.21 bits per heavy atom. The van der Waals surface area contributed by atoms with E-state index in [9.17, 15) is 4.79 Å². The maximum atomic E-state index is 10.7. The topological polar surface area (TPSA) is 52.3 Å². The standard InChI is InChI=1S/C10H9NO3/c1-2-13-10-8(6-12)14-7-4-3-5-11-9(7)10/h3-6H,2H2,1H3. The Labute approximate surface area is 80.5 Å². The number of aldehydes is 1. The zero-order chi connectivity index (χ0) is 9.97. The second kappa shape index (κ2) is 3.49. The van der Waals surface area contributed by atoms with Gasteiger partial charge in [0.1, 0.15) is 0 Å². The lowest BCUT2D eigenvalue weighted by molar-refractivity contribution is 0.109. The molecule has 0 radical (unpaired) electrons. The molecule has 2 rings (SSSR count). The van der Waals surface area contributed by atoms with Gasteiger partial charge >= 0.3 is 0 Å². The molecule has 0 atom stereocenters. The predicted molar refractivity (Wildman–Crippen MR) is 50.6 cm³/mol.